The molecule has 0 aliphatic carbocycles. The molecule has 5 rings (SSSR count). The Morgan fingerprint density at radius 2 is 1.82 bits per heavy atom. The molecule has 2 unspecified atom stereocenters. The fraction of sp³-hybridized carbons (Fsp3) is 0.350. The highest BCUT2D eigenvalue weighted by Gasteiger charge is 2.34. The topological polar surface area (TPSA) is 96.0 Å². The lowest BCUT2D eigenvalue weighted by atomic mass is 10.0. The Bertz CT molecular complexity index is 920. The number of aromatic nitrogens is 4. The van der Waals surface area contributed by atoms with Crippen molar-refractivity contribution in [1.82, 2.24) is 25.7 Å². The quantitative estimate of drug-likeness (QED) is 0.622. The molecule has 0 spiro atoms. The molecule has 3 N–H and O–H groups in total. The van der Waals surface area contributed by atoms with Gasteiger partial charge in [-0.2, -0.15) is 5.10 Å². The lowest BCUT2D eigenvalue weighted by molar-refractivity contribution is 0.130. The summed E-state index contributed by atoms with van der Waals surface area (Å²) < 4.78 is 6.04. The highest BCUT2D eigenvalue weighted by atomic mass is 35.5. The van der Waals surface area contributed by atoms with E-state index in [0.29, 0.717) is 29.2 Å². The van der Waals surface area contributed by atoms with Crippen molar-refractivity contribution in [2.45, 2.75) is 43.9 Å². The van der Waals surface area contributed by atoms with Crippen LogP contribution in [0.25, 0.3) is 22.4 Å². The number of phenols is 1. The van der Waals surface area contributed by atoms with E-state index in [1.165, 1.54) is 12.8 Å². The number of nitrogens with zero attached hydrogens (tertiary/aromatic N) is 3. The van der Waals surface area contributed by atoms with E-state index in [1.807, 2.05) is 24.3 Å². The summed E-state index contributed by atoms with van der Waals surface area (Å²) in [7, 11) is 0. The molecule has 3 aromatic rings. The zero-order valence-electron chi connectivity index (χ0n) is 15.2. The normalized spacial score (nSPS) is 23.2. The SMILES string of the molecule is Cl.Oc1cc(-c2cn[nH]c2)ccc1-c1ccc(OC2CC3CCC(C2)N3)nn1. The molecule has 146 valence electrons. The highest BCUT2D eigenvalue weighted by Crippen LogP contribution is 2.33. The average Bonchev–Trinajstić information content (AvgIpc) is 3.32. The molecule has 0 radical (unpaired) electrons. The highest BCUT2D eigenvalue weighted by molar-refractivity contribution is 5.85. The first-order chi connectivity index (χ1) is 13.2. The molecule has 2 fully saturated rings. The van der Waals surface area contributed by atoms with Gasteiger partial charge in [0.05, 0.1) is 11.9 Å². The summed E-state index contributed by atoms with van der Waals surface area (Å²) in [6, 6.07) is 10.3. The van der Waals surface area contributed by atoms with Crippen LogP contribution in [-0.2, 0) is 0 Å². The summed E-state index contributed by atoms with van der Waals surface area (Å²) in [4.78, 5) is 0. The molecule has 0 saturated carbocycles. The van der Waals surface area contributed by atoms with Crippen molar-refractivity contribution in [3.05, 3.63) is 42.7 Å². The van der Waals surface area contributed by atoms with E-state index >= 15 is 0 Å². The van der Waals surface area contributed by atoms with Crippen LogP contribution in [0.15, 0.2) is 42.7 Å². The van der Waals surface area contributed by atoms with Crippen LogP contribution in [0.5, 0.6) is 11.6 Å². The molecule has 2 saturated heterocycles. The van der Waals surface area contributed by atoms with Crippen LogP contribution >= 0.6 is 12.4 Å². The number of fused-ring (bicyclic) bond motifs is 2. The number of hydrogen-bond donors (Lipinski definition) is 3. The number of benzene rings is 1. The van der Waals surface area contributed by atoms with Crippen molar-refractivity contribution >= 4 is 12.4 Å². The standard InChI is InChI=1S/C20H21N5O2.ClH/c26-19-7-12(13-10-21-22-11-13)1-4-17(19)18-5-6-20(25-24-18)27-16-8-14-2-3-15(9-16)23-14;/h1,4-7,10-11,14-16,23,26H,2-3,8-9H2,(H,21,22);1H. The van der Waals surface area contributed by atoms with Gasteiger partial charge in [-0.3, -0.25) is 5.10 Å². The number of phenolic OH excluding ortho intramolecular Hbond substituents is 1. The average molecular weight is 400 g/mol. The van der Waals surface area contributed by atoms with E-state index in [-0.39, 0.29) is 24.3 Å². The largest absolute Gasteiger partial charge is 0.507 e. The van der Waals surface area contributed by atoms with E-state index < -0.39 is 0 Å². The summed E-state index contributed by atoms with van der Waals surface area (Å²) in [5.74, 6) is 0.700. The summed E-state index contributed by atoms with van der Waals surface area (Å²) in [6.07, 6.45) is 8.23. The van der Waals surface area contributed by atoms with Crippen molar-refractivity contribution < 1.29 is 9.84 Å². The minimum atomic E-state index is 0. The number of ether oxygens (including phenoxy) is 1. The van der Waals surface area contributed by atoms with Gasteiger partial charge in [0.2, 0.25) is 5.88 Å². The number of aromatic amines is 1. The lowest BCUT2D eigenvalue weighted by Crippen LogP contribution is -2.42. The van der Waals surface area contributed by atoms with Gasteiger partial charge in [-0.15, -0.1) is 22.6 Å². The van der Waals surface area contributed by atoms with Gasteiger partial charge in [0, 0.05) is 35.5 Å². The monoisotopic (exact) mass is 399 g/mol. The molecule has 2 bridgehead atoms. The van der Waals surface area contributed by atoms with Gasteiger partial charge < -0.3 is 15.2 Å². The van der Waals surface area contributed by atoms with Crippen molar-refractivity contribution in [2.24, 2.45) is 0 Å². The first kappa shape index (κ1) is 18.7. The minimum absolute atomic E-state index is 0. The van der Waals surface area contributed by atoms with E-state index in [4.69, 9.17) is 4.74 Å². The Morgan fingerprint density at radius 1 is 1.00 bits per heavy atom. The molecule has 2 aliphatic heterocycles. The van der Waals surface area contributed by atoms with Crippen LogP contribution in [0.3, 0.4) is 0 Å². The second kappa shape index (κ2) is 7.77. The molecule has 4 heterocycles. The Hall–Kier alpha value is -2.64. The third kappa shape index (κ3) is 3.68. The summed E-state index contributed by atoms with van der Waals surface area (Å²) >= 11 is 0. The number of rotatable bonds is 4. The van der Waals surface area contributed by atoms with Gasteiger partial charge in [0.1, 0.15) is 11.9 Å². The second-order valence-corrected chi connectivity index (χ2v) is 7.32. The maximum Gasteiger partial charge on any atom is 0.233 e. The fourth-order valence-electron chi connectivity index (χ4n) is 4.14. The van der Waals surface area contributed by atoms with E-state index in [0.717, 1.165) is 24.0 Å². The van der Waals surface area contributed by atoms with E-state index in [2.05, 4.69) is 25.7 Å². The molecule has 0 amide bonds. The fourth-order valence-corrected chi connectivity index (χ4v) is 4.14. The predicted octanol–water partition coefficient (Wildman–Crippen LogP) is 3.32. The number of aromatic hydroxyl groups is 1. The first-order valence-corrected chi connectivity index (χ1v) is 9.33. The maximum atomic E-state index is 10.4. The Kier molecular flexibility index (Phi) is 5.19. The van der Waals surface area contributed by atoms with Crippen LogP contribution < -0.4 is 10.1 Å². The van der Waals surface area contributed by atoms with Crippen molar-refractivity contribution in [3.8, 4) is 34.0 Å². The molecule has 8 heteroatoms. The lowest BCUT2D eigenvalue weighted by Gasteiger charge is -2.28. The van der Waals surface area contributed by atoms with Gasteiger partial charge in [-0.25, -0.2) is 0 Å². The van der Waals surface area contributed by atoms with Gasteiger partial charge >= 0.3 is 0 Å². The minimum Gasteiger partial charge on any atom is -0.507 e. The van der Waals surface area contributed by atoms with Gasteiger partial charge in [-0.1, -0.05) is 6.07 Å². The molecule has 7 nitrogen and oxygen atoms in total. The molecule has 2 aliphatic rings. The van der Waals surface area contributed by atoms with Crippen molar-refractivity contribution in [3.63, 3.8) is 0 Å². The van der Waals surface area contributed by atoms with Crippen molar-refractivity contribution in [1.29, 1.82) is 0 Å². The molecular weight excluding hydrogens is 378 g/mol. The smallest absolute Gasteiger partial charge is 0.233 e. The molecule has 2 aromatic heterocycles. The Balaban J connectivity index is 0.00000192. The molecule has 28 heavy (non-hydrogen) atoms. The van der Waals surface area contributed by atoms with Crippen molar-refractivity contribution in [2.75, 3.05) is 0 Å². The predicted molar refractivity (Wildman–Crippen MR) is 108 cm³/mol. The second-order valence-electron chi connectivity index (χ2n) is 7.32. The number of H-pyrrole nitrogens is 1. The summed E-state index contributed by atoms with van der Waals surface area (Å²) in [5.41, 5.74) is 3.06. The summed E-state index contributed by atoms with van der Waals surface area (Å²) in [6.45, 7) is 0. The Labute approximate surface area is 169 Å². The van der Waals surface area contributed by atoms with Crippen LogP contribution in [0, 0.1) is 0 Å². The summed E-state index contributed by atoms with van der Waals surface area (Å²) in [5, 5.41) is 29.2. The van der Waals surface area contributed by atoms with Crippen LogP contribution in [0.2, 0.25) is 0 Å². The third-order valence-electron chi connectivity index (χ3n) is 5.46. The molecule has 1 aromatic carbocycles. The molecular formula is C20H22ClN5O2. The first-order valence-electron chi connectivity index (χ1n) is 9.33. The molecule has 2 atom stereocenters. The van der Waals surface area contributed by atoms with E-state index in [9.17, 15) is 5.11 Å². The van der Waals surface area contributed by atoms with E-state index in [1.54, 1.807) is 18.5 Å². The number of halogens is 1. The van der Waals surface area contributed by atoms with Gasteiger partial charge in [0.25, 0.3) is 0 Å². The van der Waals surface area contributed by atoms with Gasteiger partial charge in [0.15, 0.2) is 0 Å². The van der Waals surface area contributed by atoms with Crippen LogP contribution in [0.1, 0.15) is 25.7 Å². The number of piperidine rings is 1. The zero-order valence-corrected chi connectivity index (χ0v) is 16.0. The van der Waals surface area contributed by atoms with Crippen LogP contribution in [-0.4, -0.2) is 43.7 Å². The number of nitrogens with one attached hydrogen (secondary N) is 2. The maximum absolute atomic E-state index is 10.4. The number of hydrogen-bond acceptors (Lipinski definition) is 6. The Morgan fingerprint density at radius 3 is 2.46 bits per heavy atom. The third-order valence-corrected chi connectivity index (χ3v) is 5.46. The zero-order chi connectivity index (χ0) is 18.2. The van der Waals surface area contributed by atoms with Crippen LogP contribution in [0.4, 0.5) is 0 Å². The van der Waals surface area contributed by atoms with Gasteiger partial charge in [-0.05, 0) is 49.4 Å².